The number of hydrogen-bond acceptors (Lipinski definition) is 7. The highest BCUT2D eigenvalue weighted by Crippen LogP contribution is 2.27. The van der Waals surface area contributed by atoms with E-state index in [9.17, 15) is 9.18 Å². The van der Waals surface area contributed by atoms with Gasteiger partial charge in [0.05, 0.1) is 35.3 Å². The summed E-state index contributed by atoms with van der Waals surface area (Å²) in [5, 5.41) is 6.97. The summed E-state index contributed by atoms with van der Waals surface area (Å²) in [5.74, 6) is 5.60. The number of nitrogen functional groups attached to an aromatic ring is 1. The third-order valence-electron chi connectivity index (χ3n) is 5.69. The van der Waals surface area contributed by atoms with Crippen LogP contribution in [0.5, 0.6) is 0 Å². The Hall–Kier alpha value is -4.76. The smallest absolute Gasteiger partial charge is 0.254 e. The number of anilines is 2. The Morgan fingerprint density at radius 1 is 1.00 bits per heavy atom. The molecule has 0 aliphatic heterocycles. The number of hydrogen-bond donors (Lipinski definition) is 4. The lowest BCUT2D eigenvalue weighted by Crippen LogP contribution is -2.23. The molecular weight excluding hydrogens is 459 g/mol. The molecular formula is C27H23FN6O2. The summed E-state index contributed by atoms with van der Waals surface area (Å²) in [6.45, 7) is 0.671. The molecule has 3 heterocycles. The van der Waals surface area contributed by atoms with E-state index < -0.39 is 11.7 Å². The quantitative estimate of drug-likeness (QED) is 0.184. The van der Waals surface area contributed by atoms with Crippen LogP contribution >= 0.6 is 0 Å². The number of carbonyl (C=O) groups excluding carboxylic acids is 1. The molecule has 0 unspecified atom stereocenters. The first-order valence-electron chi connectivity index (χ1n) is 11.3. The SMILES string of the molecule is NNc1ccc(-c2ccc(C(=O)NCc3ccco3)c(F)c2)nc1NCc1ccc2ncccc2c1. The van der Waals surface area contributed by atoms with Crippen molar-refractivity contribution in [3.63, 3.8) is 0 Å². The average Bonchev–Trinajstić information content (AvgIpc) is 3.44. The van der Waals surface area contributed by atoms with Gasteiger partial charge < -0.3 is 20.5 Å². The van der Waals surface area contributed by atoms with Gasteiger partial charge in [0, 0.05) is 23.7 Å². The maximum absolute atomic E-state index is 14.8. The van der Waals surface area contributed by atoms with E-state index in [4.69, 9.17) is 10.3 Å². The molecule has 0 aliphatic carbocycles. The first-order chi connectivity index (χ1) is 17.6. The summed E-state index contributed by atoms with van der Waals surface area (Å²) in [6.07, 6.45) is 3.27. The van der Waals surface area contributed by atoms with Crippen molar-refractivity contribution in [1.82, 2.24) is 15.3 Å². The second-order valence-corrected chi connectivity index (χ2v) is 8.08. The summed E-state index contributed by atoms with van der Waals surface area (Å²) < 4.78 is 20.0. The monoisotopic (exact) mass is 482 g/mol. The van der Waals surface area contributed by atoms with Gasteiger partial charge >= 0.3 is 0 Å². The first-order valence-corrected chi connectivity index (χ1v) is 11.3. The highest BCUT2D eigenvalue weighted by Gasteiger charge is 2.15. The van der Waals surface area contributed by atoms with Crippen LogP contribution in [0, 0.1) is 5.82 Å². The van der Waals surface area contributed by atoms with Crippen molar-refractivity contribution >= 4 is 28.3 Å². The number of rotatable bonds is 8. The predicted molar refractivity (Wildman–Crippen MR) is 136 cm³/mol. The van der Waals surface area contributed by atoms with Crippen LogP contribution in [0.3, 0.4) is 0 Å². The molecule has 5 N–H and O–H groups in total. The molecule has 1 amide bonds. The molecule has 3 aromatic heterocycles. The van der Waals surface area contributed by atoms with Gasteiger partial charge in [0.25, 0.3) is 5.91 Å². The Labute approximate surface area is 206 Å². The highest BCUT2D eigenvalue weighted by molar-refractivity contribution is 5.95. The number of carbonyl (C=O) groups is 1. The van der Waals surface area contributed by atoms with Crippen LogP contribution in [-0.4, -0.2) is 15.9 Å². The topological polar surface area (TPSA) is 118 Å². The number of hydrazine groups is 1. The Morgan fingerprint density at radius 3 is 2.72 bits per heavy atom. The second kappa shape index (κ2) is 10.2. The van der Waals surface area contributed by atoms with Crippen molar-refractivity contribution in [2.75, 3.05) is 10.7 Å². The fourth-order valence-corrected chi connectivity index (χ4v) is 3.83. The molecule has 0 bridgehead atoms. The molecule has 0 saturated heterocycles. The van der Waals surface area contributed by atoms with E-state index in [1.54, 1.807) is 36.5 Å². The molecule has 5 aromatic rings. The van der Waals surface area contributed by atoms with Crippen LogP contribution < -0.4 is 21.9 Å². The molecule has 9 heteroatoms. The molecule has 180 valence electrons. The van der Waals surface area contributed by atoms with E-state index in [-0.39, 0.29) is 12.1 Å². The van der Waals surface area contributed by atoms with E-state index in [1.807, 2.05) is 24.3 Å². The van der Waals surface area contributed by atoms with Crippen molar-refractivity contribution in [2.24, 2.45) is 5.84 Å². The third-order valence-corrected chi connectivity index (χ3v) is 5.69. The largest absolute Gasteiger partial charge is 0.467 e. The lowest BCUT2D eigenvalue weighted by atomic mass is 10.1. The number of pyridine rings is 2. The van der Waals surface area contributed by atoms with Crippen molar-refractivity contribution in [2.45, 2.75) is 13.1 Å². The Kier molecular flexibility index (Phi) is 6.55. The van der Waals surface area contributed by atoms with Crippen LogP contribution in [0.25, 0.3) is 22.2 Å². The van der Waals surface area contributed by atoms with Crippen molar-refractivity contribution in [3.05, 3.63) is 108 Å². The number of fused-ring (bicyclic) bond motifs is 1. The van der Waals surface area contributed by atoms with Crippen LogP contribution in [0.1, 0.15) is 21.7 Å². The standard InChI is InChI=1S/C27H23FN6O2/c28-22-14-19(6-7-21(22)27(35)32-16-20-4-2-12-36-20)24-9-10-25(34-29)26(33-24)31-15-17-5-8-23-18(13-17)3-1-11-30-23/h1-14,34H,15-16,29H2,(H,31,33)(H,32,35). The predicted octanol–water partition coefficient (Wildman–Crippen LogP) is 4.86. The molecule has 0 saturated carbocycles. The molecule has 0 aliphatic rings. The summed E-state index contributed by atoms with van der Waals surface area (Å²) in [4.78, 5) is 21.4. The fraction of sp³-hybridized carbons (Fsp3) is 0.0741. The van der Waals surface area contributed by atoms with Crippen LogP contribution in [0.15, 0.2) is 89.7 Å². The summed E-state index contributed by atoms with van der Waals surface area (Å²) >= 11 is 0. The lowest BCUT2D eigenvalue weighted by Gasteiger charge is -2.13. The third kappa shape index (κ3) is 5.01. The maximum Gasteiger partial charge on any atom is 0.254 e. The first kappa shape index (κ1) is 23.0. The molecule has 5 rings (SSSR count). The van der Waals surface area contributed by atoms with Gasteiger partial charge in [-0.05, 0) is 60.2 Å². The van der Waals surface area contributed by atoms with Gasteiger partial charge in [-0.1, -0.05) is 18.2 Å². The average molecular weight is 483 g/mol. The number of amides is 1. The van der Waals surface area contributed by atoms with E-state index in [1.165, 1.54) is 18.4 Å². The number of nitrogens with one attached hydrogen (secondary N) is 3. The minimum Gasteiger partial charge on any atom is -0.467 e. The van der Waals surface area contributed by atoms with Crippen LogP contribution in [0.4, 0.5) is 15.9 Å². The normalized spacial score (nSPS) is 10.8. The lowest BCUT2D eigenvalue weighted by molar-refractivity contribution is 0.0944. The van der Waals surface area contributed by atoms with E-state index >= 15 is 0 Å². The zero-order valence-electron chi connectivity index (χ0n) is 19.2. The van der Waals surface area contributed by atoms with Gasteiger partial charge in [-0.2, -0.15) is 0 Å². The Bertz CT molecular complexity index is 1520. The number of nitrogens with zero attached hydrogens (tertiary/aromatic N) is 2. The van der Waals surface area contributed by atoms with Crippen molar-refractivity contribution < 1.29 is 13.6 Å². The van der Waals surface area contributed by atoms with Gasteiger partial charge in [-0.3, -0.25) is 15.6 Å². The molecule has 36 heavy (non-hydrogen) atoms. The maximum atomic E-state index is 14.8. The number of furan rings is 1. The van der Waals surface area contributed by atoms with Gasteiger partial charge in [-0.25, -0.2) is 9.37 Å². The minimum atomic E-state index is -0.647. The number of aromatic nitrogens is 2. The fourth-order valence-electron chi connectivity index (χ4n) is 3.83. The van der Waals surface area contributed by atoms with Gasteiger partial charge in [-0.15, -0.1) is 0 Å². The Balaban J connectivity index is 1.33. The summed E-state index contributed by atoms with van der Waals surface area (Å²) in [5.41, 5.74) is 6.18. The van der Waals surface area contributed by atoms with Crippen molar-refractivity contribution in [1.29, 1.82) is 0 Å². The van der Waals surface area contributed by atoms with E-state index in [2.05, 4.69) is 32.1 Å². The number of benzene rings is 2. The van der Waals surface area contributed by atoms with Gasteiger partial charge in [0.2, 0.25) is 0 Å². The van der Waals surface area contributed by atoms with Crippen LogP contribution in [-0.2, 0) is 13.1 Å². The minimum absolute atomic E-state index is 0.0605. The molecule has 0 atom stereocenters. The number of halogens is 1. The highest BCUT2D eigenvalue weighted by atomic mass is 19.1. The number of nitrogens with two attached hydrogens (primary N) is 1. The van der Waals surface area contributed by atoms with E-state index in [0.29, 0.717) is 35.1 Å². The molecule has 0 fully saturated rings. The second-order valence-electron chi connectivity index (χ2n) is 8.08. The molecule has 2 aromatic carbocycles. The zero-order valence-corrected chi connectivity index (χ0v) is 19.2. The van der Waals surface area contributed by atoms with Gasteiger partial charge in [0.15, 0.2) is 5.82 Å². The van der Waals surface area contributed by atoms with Crippen LogP contribution in [0.2, 0.25) is 0 Å². The van der Waals surface area contributed by atoms with E-state index in [0.717, 1.165) is 16.5 Å². The van der Waals surface area contributed by atoms with Crippen molar-refractivity contribution in [3.8, 4) is 11.3 Å². The molecule has 0 radical (unpaired) electrons. The zero-order chi connectivity index (χ0) is 24.9. The Morgan fingerprint density at radius 2 is 1.92 bits per heavy atom. The summed E-state index contributed by atoms with van der Waals surface area (Å²) in [6, 6.07) is 21.2. The van der Waals surface area contributed by atoms with Gasteiger partial charge in [0.1, 0.15) is 11.6 Å². The molecule has 8 nitrogen and oxygen atoms in total. The summed E-state index contributed by atoms with van der Waals surface area (Å²) in [7, 11) is 0. The molecule has 0 spiro atoms.